The van der Waals surface area contributed by atoms with Crippen LogP contribution in [0.5, 0.6) is 0 Å². The van der Waals surface area contributed by atoms with Gasteiger partial charge in [0, 0.05) is 5.56 Å². The van der Waals surface area contributed by atoms with Crippen molar-refractivity contribution in [3.8, 4) is 0 Å². The van der Waals surface area contributed by atoms with Crippen LogP contribution in [0.25, 0.3) is 6.08 Å². The topological polar surface area (TPSA) is 81.8 Å². The normalized spacial score (nSPS) is 15.2. The molecule has 1 heterocycles. The molecule has 3 aromatic rings. The third kappa shape index (κ3) is 5.50. The molecule has 0 spiro atoms. The van der Waals surface area contributed by atoms with Crippen LogP contribution in [0.1, 0.15) is 18.1 Å². The maximum atomic E-state index is 12.9. The average Bonchev–Trinajstić information content (AvgIpc) is 3.13. The van der Waals surface area contributed by atoms with Crippen molar-refractivity contribution in [1.29, 1.82) is 0 Å². The average molecular weight is 453 g/mol. The molecule has 8 heteroatoms. The number of nitrogens with zero attached hydrogens (tertiary/aromatic N) is 5. The summed E-state index contributed by atoms with van der Waals surface area (Å²) in [6.45, 7) is 1.70. The number of nitrogens with one attached hydrogen (secondary N) is 1. The van der Waals surface area contributed by atoms with Gasteiger partial charge < -0.3 is 0 Å². The number of hydrogen-bond donors (Lipinski definition) is 1. The zero-order valence-corrected chi connectivity index (χ0v) is 18.6. The van der Waals surface area contributed by atoms with Crippen LogP contribution in [0.3, 0.4) is 0 Å². The van der Waals surface area contributed by atoms with Gasteiger partial charge in [-0.1, -0.05) is 78.9 Å². The number of anilines is 1. The third-order valence-corrected chi connectivity index (χ3v) is 4.91. The van der Waals surface area contributed by atoms with Crippen molar-refractivity contribution in [2.24, 2.45) is 20.3 Å². The first-order chi connectivity index (χ1) is 16.1. The Balaban J connectivity index is 1.55. The Morgan fingerprint density at radius 3 is 2.18 bits per heavy atom. The highest BCUT2D eigenvalue weighted by Gasteiger charge is 2.31. The van der Waals surface area contributed by atoms with E-state index in [2.05, 4.69) is 25.7 Å². The van der Waals surface area contributed by atoms with E-state index in [1.807, 2.05) is 91.0 Å². The lowest BCUT2D eigenvalue weighted by Crippen LogP contribution is -2.34. The van der Waals surface area contributed by atoms with Crippen LogP contribution in [0, 0.1) is 0 Å². The van der Waals surface area contributed by atoms with E-state index in [0.29, 0.717) is 17.4 Å². The van der Waals surface area contributed by atoms with E-state index in [-0.39, 0.29) is 11.0 Å². The molecule has 1 aliphatic rings. The van der Waals surface area contributed by atoms with Crippen LogP contribution in [-0.4, -0.2) is 27.6 Å². The molecule has 162 valence electrons. The maximum Gasteiger partial charge on any atom is 0.284 e. The number of carbonyl (C=O) groups excluding carboxylic acids is 1. The number of aliphatic imine (C=N–C) groups is 1. The number of rotatable bonds is 4. The Kier molecular flexibility index (Phi) is 6.87. The summed E-state index contributed by atoms with van der Waals surface area (Å²) in [5.74, 6) is 0.413. The number of hydrazone groups is 1. The molecule has 3 aromatic carbocycles. The fraction of sp³-hybridized carbons (Fsp3) is 0.0400. The number of para-hydroxylation sites is 1. The highest BCUT2D eigenvalue weighted by Crippen LogP contribution is 2.19. The minimum atomic E-state index is -0.346. The fourth-order valence-corrected chi connectivity index (χ4v) is 3.31. The lowest BCUT2D eigenvalue weighted by molar-refractivity contribution is -0.120. The van der Waals surface area contributed by atoms with Gasteiger partial charge in [0.2, 0.25) is 10.9 Å². The summed E-state index contributed by atoms with van der Waals surface area (Å²) in [5, 5.41) is 12.7. The zero-order chi connectivity index (χ0) is 23.0. The highest BCUT2D eigenvalue weighted by atomic mass is 32.1. The molecule has 0 radical (unpaired) electrons. The summed E-state index contributed by atoms with van der Waals surface area (Å²) in [7, 11) is 0. The smallest absolute Gasteiger partial charge is 0.276 e. The molecular formula is C25H20N6OS. The number of azo groups is 1. The Bertz CT molecular complexity index is 1270. The van der Waals surface area contributed by atoms with Crippen molar-refractivity contribution in [3.63, 3.8) is 0 Å². The van der Waals surface area contributed by atoms with Crippen molar-refractivity contribution in [2.45, 2.75) is 6.92 Å². The quantitative estimate of drug-likeness (QED) is 0.142. The number of benzene rings is 3. The molecule has 0 unspecified atom stereocenters. The molecular weight excluding hydrogens is 432 g/mol. The van der Waals surface area contributed by atoms with Crippen LogP contribution in [0.4, 0.5) is 5.69 Å². The standard InChI is InChI=1S/C25H20N6OS/c1-18-26-22(17-19-11-5-2-6-12-19)24(32)31(18)25(33)30-29-23(20-13-7-3-8-14-20)28-27-21-15-9-4-10-16-21/h2-17,27H,1H3/b22-17+,28-23+,30-29?. The van der Waals surface area contributed by atoms with Gasteiger partial charge in [-0.25, -0.2) is 9.89 Å². The minimum absolute atomic E-state index is 0.0129. The van der Waals surface area contributed by atoms with Gasteiger partial charge in [-0.2, -0.15) is 5.10 Å². The lowest BCUT2D eigenvalue weighted by atomic mass is 10.2. The monoisotopic (exact) mass is 452 g/mol. The van der Waals surface area contributed by atoms with Crippen molar-refractivity contribution in [2.75, 3.05) is 5.43 Å². The second kappa shape index (κ2) is 10.3. The second-order valence-corrected chi connectivity index (χ2v) is 7.37. The molecule has 0 bridgehead atoms. The molecule has 4 rings (SSSR count). The van der Waals surface area contributed by atoms with Crippen LogP contribution < -0.4 is 5.43 Å². The molecule has 1 N–H and O–H groups in total. The van der Waals surface area contributed by atoms with E-state index < -0.39 is 0 Å². The van der Waals surface area contributed by atoms with E-state index in [4.69, 9.17) is 12.2 Å². The summed E-state index contributed by atoms with van der Waals surface area (Å²) >= 11 is 5.39. The molecule has 33 heavy (non-hydrogen) atoms. The van der Waals surface area contributed by atoms with Gasteiger partial charge in [0.25, 0.3) is 5.91 Å². The fourth-order valence-electron chi connectivity index (χ4n) is 3.06. The highest BCUT2D eigenvalue weighted by molar-refractivity contribution is 7.80. The van der Waals surface area contributed by atoms with Crippen LogP contribution in [-0.2, 0) is 4.79 Å². The van der Waals surface area contributed by atoms with Crippen molar-refractivity contribution in [3.05, 3.63) is 108 Å². The van der Waals surface area contributed by atoms with E-state index >= 15 is 0 Å². The number of hydrogen-bond acceptors (Lipinski definition) is 5. The van der Waals surface area contributed by atoms with Gasteiger partial charge >= 0.3 is 0 Å². The summed E-state index contributed by atoms with van der Waals surface area (Å²) < 4.78 is 0. The molecule has 0 aromatic heterocycles. The van der Waals surface area contributed by atoms with Crippen molar-refractivity contribution >= 4 is 46.7 Å². The van der Waals surface area contributed by atoms with Crippen LogP contribution >= 0.6 is 12.2 Å². The third-order valence-electron chi connectivity index (χ3n) is 4.65. The van der Waals surface area contributed by atoms with E-state index in [0.717, 1.165) is 16.8 Å². The molecule has 0 atom stereocenters. The summed E-state index contributed by atoms with van der Waals surface area (Å²) in [6.07, 6.45) is 1.71. The Morgan fingerprint density at radius 2 is 1.52 bits per heavy atom. The van der Waals surface area contributed by atoms with Gasteiger partial charge in [-0.15, -0.1) is 10.2 Å². The van der Waals surface area contributed by atoms with Gasteiger partial charge in [-0.3, -0.25) is 10.2 Å². The second-order valence-electron chi connectivity index (χ2n) is 7.00. The van der Waals surface area contributed by atoms with Gasteiger partial charge in [0.05, 0.1) is 5.69 Å². The molecule has 0 fully saturated rings. The lowest BCUT2D eigenvalue weighted by Gasteiger charge is -2.12. The first-order valence-electron chi connectivity index (χ1n) is 10.2. The van der Waals surface area contributed by atoms with E-state index in [1.165, 1.54) is 4.90 Å². The number of thiocarbonyl (C=S) groups is 1. The van der Waals surface area contributed by atoms with Gasteiger partial charge in [0.1, 0.15) is 11.5 Å². The van der Waals surface area contributed by atoms with Crippen LogP contribution in [0.2, 0.25) is 0 Å². The van der Waals surface area contributed by atoms with Gasteiger partial charge in [0.15, 0.2) is 0 Å². The van der Waals surface area contributed by atoms with E-state index in [9.17, 15) is 4.79 Å². The van der Waals surface area contributed by atoms with Crippen LogP contribution in [0.15, 0.2) is 117 Å². The molecule has 0 aliphatic carbocycles. The van der Waals surface area contributed by atoms with E-state index in [1.54, 1.807) is 13.0 Å². The largest absolute Gasteiger partial charge is 0.284 e. The summed E-state index contributed by atoms with van der Waals surface area (Å²) in [6, 6.07) is 28.4. The van der Waals surface area contributed by atoms with Crippen molar-refractivity contribution in [1.82, 2.24) is 4.90 Å². The zero-order valence-electron chi connectivity index (χ0n) is 17.8. The molecule has 1 amide bonds. The molecule has 7 nitrogen and oxygen atoms in total. The molecule has 0 saturated carbocycles. The van der Waals surface area contributed by atoms with Crippen molar-refractivity contribution < 1.29 is 4.79 Å². The Hall–Kier alpha value is -4.30. The molecule has 1 aliphatic heterocycles. The summed E-state index contributed by atoms with van der Waals surface area (Å²) in [4.78, 5) is 18.5. The predicted molar refractivity (Wildman–Crippen MR) is 135 cm³/mol. The first kappa shape index (κ1) is 21.9. The minimum Gasteiger partial charge on any atom is -0.276 e. The number of carbonyl (C=O) groups is 1. The first-order valence-corrected chi connectivity index (χ1v) is 10.6. The molecule has 0 saturated heterocycles. The summed E-state index contributed by atoms with van der Waals surface area (Å²) in [5.41, 5.74) is 5.68. The predicted octanol–water partition coefficient (Wildman–Crippen LogP) is 5.50. The van der Waals surface area contributed by atoms with Gasteiger partial charge in [-0.05, 0) is 42.9 Å². The number of amides is 1. The maximum absolute atomic E-state index is 12.9. The Morgan fingerprint density at radius 1 is 0.909 bits per heavy atom. The SMILES string of the molecule is CC1=N/C(=C/c2ccccc2)C(=O)N1C(=S)N=N/C(=N/Nc1ccccc1)c1ccccc1. The number of amidine groups is 2. The Labute approximate surface area is 196 Å².